The number of para-hydroxylation sites is 2. The van der Waals surface area contributed by atoms with Crippen LogP contribution in [0, 0.1) is 0 Å². The summed E-state index contributed by atoms with van der Waals surface area (Å²) in [6.45, 7) is 0. The Bertz CT molecular complexity index is 1680. The molecule has 0 atom stereocenters. The molecule has 6 aromatic rings. The summed E-state index contributed by atoms with van der Waals surface area (Å²) >= 11 is 1.31. The van der Waals surface area contributed by atoms with Crippen LogP contribution in [0.4, 0.5) is 0 Å². The fourth-order valence-corrected chi connectivity index (χ4v) is 5.15. The van der Waals surface area contributed by atoms with Crippen molar-refractivity contribution < 1.29 is 0 Å². The van der Waals surface area contributed by atoms with Crippen molar-refractivity contribution in [1.29, 1.82) is 0 Å². The summed E-state index contributed by atoms with van der Waals surface area (Å²) in [6, 6.07) is 31.5. The lowest BCUT2D eigenvalue weighted by molar-refractivity contribution is 0.885. The smallest absolute Gasteiger partial charge is 0.263 e. The standard InChI is InChI=1S/C28H19N5OS/c34-27-25(24(19-10-3-1-4-11-19)22-15-7-8-16-23(22)30-27)35-28-32-31-26(20-12-9-17-29-18-20)33(28)21-13-5-2-6-14-21/h1-18H,(H,30,34). The van der Waals surface area contributed by atoms with Crippen LogP contribution in [0.15, 0.2) is 124 Å². The minimum Gasteiger partial charge on any atom is -0.321 e. The van der Waals surface area contributed by atoms with Crippen molar-refractivity contribution in [1.82, 2.24) is 24.7 Å². The summed E-state index contributed by atoms with van der Waals surface area (Å²) in [5.74, 6) is 0.658. The highest BCUT2D eigenvalue weighted by molar-refractivity contribution is 7.99. The highest BCUT2D eigenvalue weighted by Crippen LogP contribution is 2.38. The Morgan fingerprint density at radius 3 is 2.23 bits per heavy atom. The van der Waals surface area contributed by atoms with Crippen LogP contribution in [-0.4, -0.2) is 24.7 Å². The van der Waals surface area contributed by atoms with Crippen LogP contribution in [0.25, 0.3) is 39.1 Å². The Hall–Kier alpha value is -4.49. The predicted octanol–water partition coefficient (Wildman–Crippen LogP) is 5.99. The van der Waals surface area contributed by atoms with Crippen LogP contribution in [-0.2, 0) is 0 Å². The van der Waals surface area contributed by atoms with E-state index in [0.717, 1.165) is 33.3 Å². The number of hydrogen-bond donors (Lipinski definition) is 1. The molecule has 6 rings (SSSR count). The number of fused-ring (bicyclic) bond motifs is 1. The predicted molar refractivity (Wildman–Crippen MR) is 139 cm³/mol. The average Bonchev–Trinajstić information content (AvgIpc) is 3.34. The molecule has 0 aliphatic carbocycles. The maximum Gasteiger partial charge on any atom is 0.263 e. The van der Waals surface area contributed by atoms with E-state index in [0.29, 0.717) is 15.9 Å². The van der Waals surface area contributed by atoms with Crippen molar-refractivity contribution in [2.75, 3.05) is 0 Å². The molecule has 7 heteroatoms. The van der Waals surface area contributed by atoms with Gasteiger partial charge in [0.25, 0.3) is 5.56 Å². The van der Waals surface area contributed by atoms with Gasteiger partial charge in [0, 0.05) is 40.1 Å². The summed E-state index contributed by atoms with van der Waals surface area (Å²) in [5, 5.41) is 10.6. The monoisotopic (exact) mass is 473 g/mol. The van der Waals surface area contributed by atoms with Crippen LogP contribution in [0.1, 0.15) is 0 Å². The third-order valence-corrected chi connectivity index (χ3v) is 6.74. The molecule has 3 aromatic carbocycles. The molecule has 0 spiro atoms. The molecule has 0 saturated heterocycles. The number of hydrogen-bond acceptors (Lipinski definition) is 5. The van der Waals surface area contributed by atoms with Gasteiger partial charge in [-0.25, -0.2) is 0 Å². The van der Waals surface area contributed by atoms with Crippen LogP contribution in [0.5, 0.6) is 0 Å². The summed E-state index contributed by atoms with van der Waals surface area (Å²) in [6.07, 6.45) is 3.49. The molecular weight excluding hydrogens is 454 g/mol. The molecule has 3 heterocycles. The van der Waals surface area contributed by atoms with E-state index in [9.17, 15) is 4.79 Å². The van der Waals surface area contributed by atoms with Gasteiger partial charge in [-0.3, -0.25) is 14.3 Å². The molecular formula is C28H19N5OS. The van der Waals surface area contributed by atoms with Gasteiger partial charge in [-0.2, -0.15) is 0 Å². The average molecular weight is 474 g/mol. The first-order chi connectivity index (χ1) is 17.3. The lowest BCUT2D eigenvalue weighted by atomic mass is 10.0. The second-order valence-corrected chi connectivity index (χ2v) is 8.87. The van der Waals surface area contributed by atoms with Gasteiger partial charge in [0.2, 0.25) is 5.16 Å². The third-order valence-electron chi connectivity index (χ3n) is 5.70. The van der Waals surface area contributed by atoms with Crippen LogP contribution >= 0.6 is 11.8 Å². The van der Waals surface area contributed by atoms with Crippen molar-refractivity contribution in [3.05, 3.63) is 120 Å². The Morgan fingerprint density at radius 2 is 1.46 bits per heavy atom. The first-order valence-electron chi connectivity index (χ1n) is 11.1. The number of benzene rings is 3. The number of nitrogens with one attached hydrogen (secondary N) is 1. The Morgan fingerprint density at radius 1 is 0.743 bits per heavy atom. The highest BCUT2D eigenvalue weighted by atomic mass is 32.2. The van der Waals surface area contributed by atoms with Crippen LogP contribution < -0.4 is 5.56 Å². The largest absolute Gasteiger partial charge is 0.321 e. The van der Waals surface area contributed by atoms with E-state index in [2.05, 4.69) is 20.2 Å². The molecule has 0 saturated carbocycles. The van der Waals surface area contributed by atoms with Crippen LogP contribution in [0.2, 0.25) is 0 Å². The van der Waals surface area contributed by atoms with E-state index in [1.165, 1.54) is 11.8 Å². The van der Waals surface area contributed by atoms with Gasteiger partial charge in [0.1, 0.15) is 0 Å². The number of H-pyrrole nitrogens is 1. The van der Waals surface area contributed by atoms with Gasteiger partial charge in [0.15, 0.2) is 5.82 Å². The summed E-state index contributed by atoms with van der Waals surface area (Å²) < 4.78 is 1.96. The second-order valence-electron chi connectivity index (χ2n) is 7.89. The van der Waals surface area contributed by atoms with Gasteiger partial charge >= 0.3 is 0 Å². The quantitative estimate of drug-likeness (QED) is 0.333. The lowest BCUT2D eigenvalue weighted by Gasteiger charge is -2.14. The van der Waals surface area contributed by atoms with E-state index < -0.39 is 0 Å². The SMILES string of the molecule is O=c1[nH]c2ccccc2c(-c2ccccc2)c1Sc1nnc(-c2cccnc2)n1-c1ccccc1. The van der Waals surface area contributed by atoms with Gasteiger partial charge in [-0.15, -0.1) is 10.2 Å². The maximum absolute atomic E-state index is 13.4. The maximum atomic E-state index is 13.4. The molecule has 0 fully saturated rings. The Balaban J connectivity index is 1.59. The molecule has 0 bridgehead atoms. The first kappa shape index (κ1) is 21.1. The fraction of sp³-hybridized carbons (Fsp3) is 0. The van der Waals surface area contributed by atoms with Crippen LogP contribution in [0.3, 0.4) is 0 Å². The van der Waals surface area contributed by atoms with Crippen molar-refractivity contribution in [2.45, 2.75) is 10.1 Å². The summed E-state index contributed by atoms with van der Waals surface area (Å²) in [5.41, 5.74) is 4.21. The normalized spacial score (nSPS) is 11.1. The highest BCUT2D eigenvalue weighted by Gasteiger charge is 2.21. The second kappa shape index (κ2) is 9.04. The number of rotatable bonds is 5. The van der Waals surface area contributed by atoms with Crippen molar-refractivity contribution in [3.8, 4) is 28.2 Å². The van der Waals surface area contributed by atoms with Crippen molar-refractivity contribution in [3.63, 3.8) is 0 Å². The number of aromatic amines is 1. The number of nitrogens with zero attached hydrogens (tertiary/aromatic N) is 4. The topological polar surface area (TPSA) is 76.5 Å². The van der Waals surface area contributed by atoms with E-state index in [4.69, 9.17) is 0 Å². The van der Waals surface area contributed by atoms with E-state index >= 15 is 0 Å². The fourth-order valence-electron chi connectivity index (χ4n) is 4.13. The molecule has 0 amide bonds. The molecule has 168 valence electrons. The van der Waals surface area contributed by atoms with Crippen molar-refractivity contribution >= 4 is 22.7 Å². The molecule has 3 aromatic heterocycles. The zero-order valence-corrected chi connectivity index (χ0v) is 19.3. The molecule has 35 heavy (non-hydrogen) atoms. The molecule has 0 radical (unpaired) electrons. The molecule has 0 aliphatic rings. The number of aromatic nitrogens is 5. The minimum atomic E-state index is -0.168. The minimum absolute atomic E-state index is 0.168. The number of pyridine rings is 2. The van der Waals surface area contributed by atoms with E-state index in [1.54, 1.807) is 12.4 Å². The zero-order valence-electron chi connectivity index (χ0n) is 18.5. The first-order valence-corrected chi connectivity index (χ1v) is 11.9. The van der Waals surface area contributed by atoms with Gasteiger partial charge in [0.05, 0.1) is 4.90 Å². The van der Waals surface area contributed by atoms with Gasteiger partial charge in [-0.05, 0) is 47.7 Å². The zero-order chi connectivity index (χ0) is 23.6. The van der Waals surface area contributed by atoms with Gasteiger partial charge in [-0.1, -0.05) is 66.7 Å². The Kier molecular flexibility index (Phi) is 5.44. The summed E-state index contributed by atoms with van der Waals surface area (Å²) in [7, 11) is 0. The Labute approximate surface area is 205 Å². The van der Waals surface area contributed by atoms with Crippen molar-refractivity contribution in [2.24, 2.45) is 0 Å². The van der Waals surface area contributed by atoms with Gasteiger partial charge < -0.3 is 4.98 Å². The molecule has 0 unspecified atom stereocenters. The molecule has 1 N–H and O–H groups in total. The van der Waals surface area contributed by atoms with E-state index in [1.807, 2.05) is 102 Å². The molecule has 0 aliphatic heterocycles. The molecule has 6 nitrogen and oxygen atoms in total. The third kappa shape index (κ3) is 3.92. The van der Waals surface area contributed by atoms with E-state index in [-0.39, 0.29) is 5.56 Å². The summed E-state index contributed by atoms with van der Waals surface area (Å²) in [4.78, 5) is 21.3. The lowest BCUT2D eigenvalue weighted by Crippen LogP contribution is -2.11.